The maximum absolute atomic E-state index is 12.1. The lowest BCUT2D eigenvalue weighted by Gasteiger charge is -2.13. The first-order chi connectivity index (χ1) is 8.54. The van der Waals surface area contributed by atoms with E-state index in [1.165, 1.54) is 0 Å². The predicted octanol–water partition coefficient (Wildman–Crippen LogP) is 1.30. The van der Waals surface area contributed by atoms with Crippen molar-refractivity contribution < 1.29 is 0 Å². The van der Waals surface area contributed by atoms with Crippen LogP contribution in [0.15, 0.2) is 17.2 Å². The van der Waals surface area contributed by atoms with Gasteiger partial charge in [-0.25, -0.2) is 4.98 Å². The number of hydrogen-bond acceptors (Lipinski definition) is 4. The minimum absolute atomic E-state index is 0.0499. The molecule has 0 aliphatic rings. The Morgan fingerprint density at radius 3 is 2.78 bits per heavy atom. The van der Waals surface area contributed by atoms with Crippen LogP contribution in [0.2, 0.25) is 0 Å². The van der Waals surface area contributed by atoms with Crippen molar-refractivity contribution in [1.82, 2.24) is 9.55 Å². The van der Waals surface area contributed by atoms with Crippen molar-refractivity contribution in [3.8, 4) is 0 Å². The molecule has 1 aromatic heterocycles. The molecule has 0 aromatic carbocycles. The summed E-state index contributed by atoms with van der Waals surface area (Å²) < 4.78 is 1.70. The van der Waals surface area contributed by atoms with Gasteiger partial charge >= 0.3 is 0 Å². The third kappa shape index (κ3) is 4.49. The van der Waals surface area contributed by atoms with E-state index in [4.69, 9.17) is 5.73 Å². The molecule has 1 atom stereocenters. The Hall–Kier alpha value is -1.36. The highest BCUT2D eigenvalue weighted by atomic mass is 16.1. The predicted molar refractivity (Wildman–Crippen MR) is 74.7 cm³/mol. The fourth-order valence-corrected chi connectivity index (χ4v) is 1.76. The van der Waals surface area contributed by atoms with Gasteiger partial charge in [-0.05, 0) is 24.8 Å². The molecule has 0 bridgehead atoms. The summed E-state index contributed by atoms with van der Waals surface area (Å²) in [5.74, 6) is 1.31. The van der Waals surface area contributed by atoms with Crippen molar-refractivity contribution in [3.05, 3.63) is 22.7 Å². The van der Waals surface area contributed by atoms with Crippen LogP contribution in [0.1, 0.15) is 27.2 Å². The summed E-state index contributed by atoms with van der Waals surface area (Å²) in [6.45, 7) is 8.39. The van der Waals surface area contributed by atoms with Crippen LogP contribution < -0.4 is 16.6 Å². The van der Waals surface area contributed by atoms with Crippen LogP contribution in [-0.2, 0) is 6.54 Å². The van der Waals surface area contributed by atoms with Gasteiger partial charge in [0.1, 0.15) is 0 Å². The van der Waals surface area contributed by atoms with Crippen LogP contribution in [-0.4, -0.2) is 22.6 Å². The summed E-state index contributed by atoms with van der Waals surface area (Å²) in [5.41, 5.74) is 5.45. The molecule has 0 saturated heterocycles. The van der Waals surface area contributed by atoms with E-state index in [0.29, 0.717) is 30.7 Å². The highest BCUT2D eigenvalue weighted by Gasteiger charge is 2.07. The molecule has 102 valence electrons. The Morgan fingerprint density at radius 1 is 1.44 bits per heavy atom. The number of nitrogens with zero attached hydrogens (tertiary/aromatic N) is 2. The summed E-state index contributed by atoms with van der Waals surface area (Å²) in [4.78, 5) is 16.2. The lowest BCUT2D eigenvalue weighted by Crippen LogP contribution is -2.27. The van der Waals surface area contributed by atoms with Crippen molar-refractivity contribution in [3.63, 3.8) is 0 Å². The van der Waals surface area contributed by atoms with E-state index in [2.05, 4.69) is 31.1 Å². The number of rotatable bonds is 7. The molecule has 0 aliphatic heterocycles. The van der Waals surface area contributed by atoms with Crippen molar-refractivity contribution in [2.45, 2.75) is 33.7 Å². The molecule has 5 heteroatoms. The van der Waals surface area contributed by atoms with Gasteiger partial charge in [-0.3, -0.25) is 4.79 Å². The van der Waals surface area contributed by atoms with E-state index in [9.17, 15) is 4.79 Å². The summed E-state index contributed by atoms with van der Waals surface area (Å²) in [5, 5.41) is 3.11. The summed E-state index contributed by atoms with van der Waals surface area (Å²) in [6, 6.07) is 0. The van der Waals surface area contributed by atoms with E-state index in [1.807, 2.05) is 0 Å². The number of anilines is 1. The van der Waals surface area contributed by atoms with Gasteiger partial charge in [0.05, 0.1) is 0 Å². The molecule has 18 heavy (non-hydrogen) atoms. The van der Waals surface area contributed by atoms with Crippen LogP contribution >= 0.6 is 0 Å². The molecule has 0 radical (unpaired) electrons. The van der Waals surface area contributed by atoms with Crippen LogP contribution in [0.25, 0.3) is 0 Å². The summed E-state index contributed by atoms with van der Waals surface area (Å²) >= 11 is 0. The van der Waals surface area contributed by atoms with Crippen molar-refractivity contribution in [2.75, 3.05) is 18.4 Å². The normalized spacial score (nSPS) is 12.7. The summed E-state index contributed by atoms with van der Waals surface area (Å²) in [7, 11) is 0. The zero-order valence-corrected chi connectivity index (χ0v) is 11.5. The first-order valence-electron chi connectivity index (χ1n) is 6.54. The molecule has 1 rings (SSSR count). The molecule has 0 aliphatic carbocycles. The van der Waals surface area contributed by atoms with Gasteiger partial charge in [0, 0.05) is 25.5 Å². The number of aromatic nitrogens is 2. The van der Waals surface area contributed by atoms with Crippen molar-refractivity contribution in [2.24, 2.45) is 17.6 Å². The molecule has 0 fully saturated rings. The standard InChI is InChI=1S/C13H24N4O/c1-10(2)9-17-7-6-15-12(13(17)18)16-8-11(3)4-5-14/h6-7,10-11H,4-5,8-9,14H2,1-3H3,(H,15,16). The average Bonchev–Trinajstić information content (AvgIpc) is 2.30. The zero-order chi connectivity index (χ0) is 13.5. The van der Waals surface area contributed by atoms with Crippen molar-refractivity contribution >= 4 is 5.82 Å². The second-order valence-corrected chi connectivity index (χ2v) is 5.19. The fourth-order valence-electron chi connectivity index (χ4n) is 1.76. The Morgan fingerprint density at radius 2 is 2.17 bits per heavy atom. The lowest BCUT2D eigenvalue weighted by atomic mass is 10.1. The Bertz CT molecular complexity index is 414. The van der Waals surface area contributed by atoms with Gasteiger partial charge < -0.3 is 15.6 Å². The van der Waals surface area contributed by atoms with Gasteiger partial charge in [-0.15, -0.1) is 0 Å². The highest BCUT2D eigenvalue weighted by Crippen LogP contribution is 2.02. The molecule has 3 N–H and O–H groups in total. The molecule has 5 nitrogen and oxygen atoms in total. The highest BCUT2D eigenvalue weighted by molar-refractivity contribution is 5.30. The van der Waals surface area contributed by atoms with Crippen LogP contribution in [0.4, 0.5) is 5.82 Å². The van der Waals surface area contributed by atoms with E-state index < -0.39 is 0 Å². The quantitative estimate of drug-likeness (QED) is 0.767. The minimum atomic E-state index is -0.0499. The summed E-state index contributed by atoms with van der Waals surface area (Å²) in [6.07, 6.45) is 4.34. The van der Waals surface area contributed by atoms with E-state index >= 15 is 0 Å². The van der Waals surface area contributed by atoms with Crippen LogP contribution in [0, 0.1) is 11.8 Å². The zero-order valence-electron chi connectivity index (χ0n) is 11.5. The van der Waals surface area contributed by atoms with Gasteiger partial charge in [-0.2, -0.15) is 0 Å². The second kappa shape index (κ2) is 7.16. The third-order valence-electron chi connectivity index (χ3n) is 2.75. The van der Waals surface area contributed by atoms with E-state index in [-0.39, 0.29) is 5.56 Å². The largest absolute Gasteiger partial charge is 0.365 e. The molecule has 1 unspecified atom stereocenters. The van der Waals surface area contributed by atoms with E-state index in [0.717, 1.165) is 13.0 Å². The molecule has 0 saturated carbocycles. The van der Waals surface area contributed by atoms with E-state index in [1.54, 1.807) is 17.0 Å². The van der Waals surface area contributed by atoms with Gasteiger partial charge in [0.2, 0.25) is 0 Å². The molecular weight excluding hydrogens is 228 g/mol. The Balaban J connectivity index is 2.69. The SMILES string of the molecule is CC(C)Cn1ccnc(NCC(C)CCN)c1=O. The minimum Gasteiger partial charge on any atom is -0.365 e. The molecule has 0 spiro atoms. The maximum atomic E-state index is 12.1. The number of nitrogens with two attached hydrogens (primary N) is 1. The van der Waals surface area contributed by atoms with Crippen molar-refractivity contribution in [1.29, 1.82) is 0 Å². The average molecular weight is 252 g/mol. The lowest BCUT2D eigenvalue weighted by molar-refractivity contribution is 0.508. The van der Waals surface area contributed by atoms with Crippen LogP contribution in [0.5, 0.6) is 0 Å². The fraction of sp³-hybridized carbons (Fsp3) is 0.692. The topological polar surface area (TPSA) is 72.9 Å². The maximum Gasteiger partial charge on any atom is 0.293 e. The number of hydrogen-bond donors (Lipinski definition) is 2. The Labute approximate surface area is 108 Å². The number of nitrogens with one attached hydrogen (secondary N) is 1. The van der Waals surface area contributed by atoms with Gasteiger partial charge in [0.15, 0.2) is 5.82 Å². The van der Waals surface area contributed by atoms with Gasteiger partial charge in [0.25, 0.3) is 5.56 Å². The first-order valence-corrected chi connectivity index (χ1v) is 6.54. The molecule has 1 heterocycles. The van der Waals surface area contributed by atoms with Crippen LogP contribution in [0.3, 0.4) is 0 Å². The van der Waals surface area contributed by atoms with Gasteiger partial charge in [-0.1, -0.05) is 20.8 Å². The Kier molecular flexibility index (Phi) is 5.85. The molecule has 0 amide bonds. The molecular formula is C13H24N4O. The second-order valence-electron chi connectivity index (χ2n) is 5.19. The smallest absolute Gasteiger partial charge is 0.293 e. The third-order valence-corrected chi connectivity index (χ3v) is 2.75. The molecule has 1 aromatic rings. The first kappa shape index (κ1) is 14.7. The monoisotopic (exact) mass is 252 g/mol.